The van der Waals surface area contributed by atoms with Crippen LogP contribution in [0.3, 0.4) is 0 Å². The predicted octanol–water partition coefficient (Wildman–Crippen LogP) is 1.92. The number of nitrogens with one attached hydrogen (secondary N) is 1. The van der Waals surface area contributed by atoms with Gasteiger partial charge in [0.25, 0.3) is 0 Å². The van der Waals surface area contributed by atoms with Crippen molar-refractivity contribution in [1.29, 1.82) is 5.26 Å². The number of carbonyl (C=O) groups is 1. The van der Waals surface area contributed by atoms with Gasteiger partial charge in [-0.25, -0.2) is 0 Å². The van der Waals surface area contributed by atoms with Gasteiger partial charge in [0.05, 0.1) is 6.07 Å². The van der Waals surface area contributed by atoms with Crippen molar-refractivity contribution < 1.29 is 4.79 Å². The lowest BCUT2D eigenvalue weighted by molar-refractivity contribution is -0.109. The first-order valence-electron chi connectivity index (χ1n) is 5.70. The summed E-state index contributed by atoms with van der Waals surface area (Å²) in [5.74, 6) is 5.86. The average molecular weight is 249 g/mol. The van der Waals surface area contributed by atoms with Crippen LogP contribution in [0.5, 0.6) is 0 Å². The summed E-state index contributed by atoms with van der Waals surface area (Å²) in [7, 11) is 0. The van der Waals surface area contributed by atoms with Crippen LogP contribution >= 0.6 is 0 Å². The molecule has 4 nitrogen and oxygen atoms in total. The van der Waals surface area contributed by atoms with Crippen LogP contribution < -0.4 is 5.32 Å². The molecule has 1 unspecified atom stereocenters. The van der Waals surface area contributed by atoms with Crippen LogP contribution in [0.2, 0.25) is 0 Å². The summed E-state index contributed by atoms with van der Waals surface area (Å²) in [6.07, 6.45) is 3.82. The van der Waals surface area contributed by atoms with Crippen LogP contribution in [-0.4, -0.2) is 11.4 Å². The zero-order valence-corrected chi connectivity index (χ0v) is 10.3. The van der Waals surface area contributed by atoms with E-state index in [0.717, 1.165) is 16.3 Å². The van der Waals surface area contributed by atoms with Crippen LogP contribution in [0, 0.1) is 23.2 Å². The summed E-state index contributed by atoms with van der Waals surface area (Å²) in [4.78, 5) is 14.7. The summed E-state index contributed by atoms with van der Waals surface area (Å²) in [6.45, 7) is 1.76. The first-order valence-corrected chi connectivity index (χ1v) is 5.70. The Morgan fingerprint density at radius 1 is 1.42 bits per heavy atom. The second-order valence-electron chi connectivity index (χ2n) is 3.85. The molecule has 1 aromatic carbocycles. The third-order valence-electron chi connectivity index (χ3n) is 2.75. The number of amides is 1. The zero-order chi connectivity index (χ0) is 13.7. The summed E-state index contributed by atoms with van der Waals surface area (Å²) in [5, 5.41) is 13.4. The van der Waals surface area contributed by atoms with Crippen molar-refractivity contribution in [3.63, 3.8) is 0 Å². The van der Waals surface area contributed by atoms with E-state index in [1.54, 1.807) is 19.3 Å². The largest absolute Gasteiger partial charge is 0.339 e. The van der Waals surface area contributed by atoms with Crippen molar-refractivity contribution in [3.8, 4) is 17.9 Å². The molecule has 0 saturated heterocycles. The number of hydrogen-bond donors (Lipinski definition) is 1. The minimum absolute atomic E-state index is 0.515. The fraction of sp³-hybridized carbons (Fsp3) is 0.133. The molecule has 2 rings (SSSR count). The molecule has 19 heavy (non-hydrogen) atoms. The molecule has 0 bridgehead atoms. The quantitative estimate of drug-likeness (QED) is 0.667. The smallest absolute Gasteiger partial charge is 0.208 e. The van der Waals surface area contributed by atoms with Crippen molar-refractivity contribution in [3.05, 3.63) is 41.7 Å². The van der Waals surface area contributed by atoms with Gasteiger partial charge in [-0.1, -0.05) is 18.1 Å². The second kappa shape index (κ2) is 5.66. The SMILES string of the molecule is CC#Cc1cccc2cncc(C(C#N)NC=O)c12. The predicted molar refractivity (Wildman–Crippen MR) is 71.8 cm³/mol. The number of hydrogen-bond acceptors (Lipinski definition) is 3. The number of nitrogens with zero attached hydrogens (tertiary/aromatic N) is 2. The number of benzene rings is 1. The maximum atomic E-state index is 10.6. The summed E-state index contributed by atoms with van der Waals surface area (Å²) in [5.41, 5.74) is 1.48. The molecule has 0 spiro atoms. The molecule has 1 heterocycles. The molecule has 4 heteroatoms. The summed E-state index contributed by atoms with van der Waals surface area (Å²) in [6, 6.07) is 7.00. The fourth-order valence-electron chi connectivity index (χ4n) is 1.98. The maximum absolute atomic E-state index is 10.6. The standard InChI is InChI=1S/C15H11N3O/c1-2-4-11-5-3-6-12-8-17-9-13(15(11)12)14(7-16)18-10-19/h3,5-6,8-10,14H,1H3,(H,18,19). The van der Waals surface area contributed by atoms with Crippen LogP contribution in [0.25, 0.3) is 10.8 Å². The molecular weight excluding hydrogens is 238 g/mol. The summed E-state index contributed by atoms with van der Waals surface area (Å²) >= 11 is 0. The molecule has 0 saturated carbocycles. The zero-order valence-electron chi connectivity index (χ0n) is 10.3. The third-order valence-corrected chi connectivity index (χ3v) is 2.75. The molecule has 1 atom stereocenters. The van der Waals surface area contributed by atoms with E-state index in [1.165, 1.54) is 0 Å². The van der Waals surface area contributed by atoms with Gasteiger partial charge in [-0.05, 0) is 13.0 Å². The van der Waals surface area contributed by atoms with Crippen LogP contribution in [0.4, 0.5) is 0 Å². The van der Waals surface area contributed by atoms with Gasteiger partial charge in [-0.3, -0.25) is 9.78 Å². The van der Waals surface area contributed by atoms with E-state index in [2.05, 4.69) is 28.2 Å². The van der Waals surface area contributed by atoms with Gasteiger partial charge in [0.1, 0.15) is 6.04 Å². The number of aromatic nitrogens is 1. The summed E-state index contributed by atoms with van der Waals surface area (Å²) < 4.78 is 0. The number of fused-ring (bicyclic) bond motifs is 1. The number of nitriles is 1. The van der Waals surface area contributed by atoms with Crippen molar-refractivity contribution in [2.45, 2.75) is 13.0 Å². The Balaban J connectivity index is 2.76. The lowest BCUT2D eigenvalue weighted by Crippen LogP contribution is -2.18. The van der Waals surface area contributed by atoms with Gasteiger partial charge >= 0.3 is 0 Å². The molecule has 0 aliphatic carbocycles. The van der Waals surface area contributed by atoms with E-state index in [1.807, 2.05) is 18.2 Å². The van der Waals surface area contributed by atoms with Crippen molar-refractivity contribution in [1.82, 2.24) is 10.3 Å². The highest BCUT2D eigenvalue weighted by molar-refractivity contribution is 5.91. The highest BCUT2D eigenvalue weighted by Crippen LogP contribution is 2.26. The van der Waals surface area contributed by atoms with E-state index >= 15 is 0 Å². The Morgan fingerprint density at radius 2 is 2.26 bits per heavy atom. The topological polar surface area (TPSA) is 65.8 Å². The molecule has 0 aliphatic rings. The van der Waals surface area contributed by atoms with E-state index in [-0.39, 0.29) is 0 Å². The van der Waals surface area contributed by atoms with Gasteiger partial charge in [0, 0.05) is 34.3 Å². The number of rotatable bonds is 3. The Morgan fingerprint density at radius 3 is 2.95 bits per heavy atom. The lowest BCUT2D eigenvalue weighted by Gasteiger charge is -2.12. The number of carbonyl (C=O) groups excluding carboxylic acids is 1. The minimum Gasteiger partial charge on any atom is -0.339 e. The normalized spacial score (nSPS) is 10.9. The van der Waals surface area contributed by atoms with Gasteiger partial charge in [0.2, 0.25) is 6.41 Å². The van der Waals surface area contributed by atoms with E-state index < -0.39 is 6.04 Å². The van der Waals surface area contributed by atoms with Crippen LogP contribution in [0.15, 0.2) is 30.6 Å². The lowest BCUT2D eigenvalue weighted by atomic mass is 9.98. The molecule has 1 aromatic heterocycles. The van der Waals surface area contributed by atoms with E-state index in [0.29, 0.717) is 12.0 Å². The molecule has 0 fully saturated rings. The Kier molecular flexibility index (Phi) is 3.75. The maximum Gasteiger partial charge on any atom is 0.208 e. The Hall–Kier alpha value is -2.85. The third kappa shape index (κ3) is 2.38. The first kappa shape index (κ1) is 12.6. The molecule has 92 valence electrons. The van der Waals surface area contributed by atoms with Crippen LogP contribution in [-0.2, 0) is 4.79 Å². The van der Waals surface area contributed by atoms with Crippen molar-refractivity contribution in [2.75, 3.05) is 0 Å². The average Bonchev–Trinajstić information content (AvgIpc) is 2.45. The number of pyridine rings is 1. The minimum atomic E-state index is -0.728. The monoisotopic (exact) mass is 249 g/mol. The highest BCUT2D eigenvalue weighted by atomic mass is 16.1. The molecule has 2 aromatic rings. The van der Waals surface area contributed by atoms with Gasteiger partial charge in [0.15, 0.2) is 0 Å². The van der Waals surface area contributed by atoms with Crippen LogP contribution in [0.1, 0.15) is 24.1 Å². The van der Waals surface area contributed by atoms with Crippen molar-refractivity contribution >= 4 is 17.2 Å². The van der Waals surface area contributed by atoms with Gasteiger partial charge < -0.3 is 5.32 Å². The van der Waals surface area contributed by atoms with Gasteiger partial charge in [-0.15, -0.1) is 5.92 Å². The Bertz CT molecular complexity index is 714. The fourth-order valence-corrected chi connectivity index (χ4v) is 1.98. The van der Waals surface area contributed by atoms with Gasteiger partial charge in [-0.2, -0.15) is 5.26 Å². The van der Waals surface area contributed by atoms with E-state index in [9.17, 15) is 4.79 Å². The molecule has 1 amide bonds. The highest BCUT2D eigenvalue weighted by Gasteiger charge is 2.15. The first-order chi connectivity index (χ1) is 9.31. The Labute approximate surface area is 111 Å². The molecular formula is C15H11N3O. The second-order valence-corrected chi connectivity index (χ2v) is 3.85. The molecule has 1 N–H and O–H groups in total. The van der Waals surface area contributed by atoms with E-state index in [4.69, 9.17) is 5.26 Å². The molecule has 0 aliphatic heterocycles. The van der Waals surface area contributed by atoms with Crippen molar-refractivity contribution in [2.24, 2.45) is 0 Å². The molecule has 0 radical (unpaired) electrons.